The molecule has 0 aromatic heterocycles. The van der Waals surface area contributed by atoms with Crippen LogP contribution in [-0.2, 0) is 0 Å². The summed E-state index contributed by atoms with van der Waals surface area (Å²) >= 11 is 0. The summed E-state index contributed by atoms with van der Waals surface area (Å²) in [5, 5.41) is 0. The maximum atomic E-state index is 2.48. The normalized spacial score (nSPS) is 36.0. The molecule has 1 unspecified atom stereocenters. The zero-order valence-corrected chi connectivity index (χ0v) is 8.54. The van der Waals surface area contributed by atoms with Crippen molar-refractivity contribution in [3.05, 3.63) is 0 Å². The number of hydrogen-bond acceptors (Lipinski definition) is 0. The molecule has 0 aromatic carbocycles. The lowest BCUT2D eigenvalue weighted by Crippen LogP contribution is -2.29. The van der Waals surface area contributed by atoms with E-state index in [2.05, 4.69) is 27.7 Å². The van der Waals surface area contributed by atoms with Gasteiger partial charge in [-0.1, -0.05) is 40.5 Å². The van der Waals surface area contributed by atoms with Gasteiger partial charge in [0.25, 0.3) is 0 Å². The Kier molecular flexibility index (Phi) is 2.32. The largest absolute Gasteiger partial charge is 0.0654 e. The topological polar surface area (TPSA) is 0 Å². The minimum absolute atomic E-state index is 0.600. The highest BCUT2D eigenvalue weighted by Gasteiger charge is 2.43. The second kappa shape index (κ2) is 2.80. The average molecular weight is 154 g/mol. The molecule has 0 amide bonds. The Hall–Kier alpha value is 0. The van der Waals surface area contributed by atoms with E-state index >= 15 is 0 Å². The molecule has 0 heterocycles. The Morgan fingerprint density at radius 3 is 2.09 bits per heavy atom. The van der Waals surface area contributed by atoms with Gasteiger partial charge in [-0.15, -0.1) is 0 Å². The van der Waals surface area contributed by atoms with Crippen molar-refractivity contribution in [2.75, 3.05) is 0 Å². The molecule has 66 valence electrons. The lowest BCUT2D eigenvalue weighted by atomic mass is 9.67. The third-order valence-corrected chi connectivity index (χ3v) is 3.97. The SMILES string of the molecule is CCCC1(C)CCCC1(C)C. The van der Waals surface area contributed by atoms with Gasteiger partial charge < -0.3 is 0 Å². The quantitative estimate of drug-likeness (QED) is 0.564. The van der Waals surface area contributed by atoms with Crippen molar-refractivity contribution < 1.29 is 0 Å². The molecule has 1 aliphatic rings. The fourth-order valence-corrected chi connectivity index (χ4v) is 2.58. The molecule has 0 N–H and O–H groups in total. The van der Waals surface area contributed by atoms with Crippen LogP contribution in [0.4, 0.5) is 0 Å². The van der Waals surface area contributed by atoms with Crippen LogP contribution in [0.5, 0.6) is 0 Å². The second-order valence-corrected chi connectivity index (χ2v) is 5.05. The number of rotatable bonds is 2. The Morgan fingerprint density at radius 2 is 1.73 bits per heavy atom. The van der Waals surface area contributed by atoms with Gasteiger partial charge in [-0.3, -0.25) is 0 Å². The standard InChI is InChI=1S/C11H22/c1-5-7-11(4)9-6-8-10(11,2)3/h5-9H2,1-4H3. The van der Waals surface area contributed by atoms with Crippen LogP contribution < -0.4 is 0 Å². The first-order chi connectivity index (χ1) is 5.02. The van der Waals surface area contributed by atoms with Crippen molar-refractivity contribution in [2.45, 2.75) is 59.8 Å². The first-order valence-corrected chi connectivity index (χ1v) is 5.02. The zero-order chi connectivity index (χ0) is 8.54. The summed E-state index contributed by atoms with van der Waals surface area (Å²) in [5.74, 6) is 0. The highest BCUT2D eigenvalue weighted by Crippen LogP contribution is 2.54. The lowest BCUT2D eigenvalue weighted by molar-refractivity contribution is 0.118. The van der Waals surface area contributed by atoms with Gasteiger partial charge in [0.15, 0.2) is 0 Å². The average Bonchev–Trinajstić information content (AvgIpc) is 2.09. The zero-order valence-electron chi connectivity index (χ0n) is 8.54. The summed E-state index contributed by atoms with van der Waals surface area (Å²) < 4.78 is 0. The van der Waals surface area contributed by atoms with Crippen LogP contribution in [0, 0.1) is 10.8 Å². The fourth-order valence-electron chi connectivity index (χ4n) is 2.58. The van der Waals surface area contributed by atoms with Crippen LogP contribution in [0.1, 0.15) is 59.8 Å². The van der Waals surface area contributed by atoms with E-state index in [1.165, 1.54) is 32.1 Å². The molecule has 1 aliphatic carbocycles. The molecule has 0 nitrogen and oxygen atoms in total. The van der Waals surface area contributed by atoms with Crippen molar-refractivity contribution in [3.8, 4) is 0 Å². The minimum atomic E-state index is 0.600. The van der Waals surface area contributed by atoms with E-state index in [9.17, 15) is 0 Å². The predicted octanol–water partition coefficient (Wildman–Crippen LogP) is 4.00. The highest BCUT2D eigenvalue weighted by atomic mass is 14.5. The Balaban J connectivity index is 2.68. The molecule has 0 saturated heterocycles. The summed E-state index contributed by atoms with van der Waals surface area (Å²) in [6.45, 7) is 9.66. The Morgan fingerprint density at radius 1 is 1.09 bits per heavy atom. The number of hydrogen-bond donors (Lipinski definition) is 0. The summed E-state index contributed by atoms with van der Waals surface area (Å²) in [5.41, 5.74) is 1.24. The van der Waals surface area contributed by atoms with Gasteiger partial charge in [0, 0.05) is 0 Å². The van der Waals surface area contributed by atoms with E-state index < -0.39 is 0 Å². The Bertz CT molecular complexity index is 135. The maximum Gasteiger partial charge on any atom is -0.0275 e. The van der Waals surface area contributed by atoms with Gasteiger partial charge in [-0.2, -0.15) is 0 Å². The monoisotopic (exact) mass is 154 g/mol. The van der Waals surface area contributed by atoms with Crippen molar-refractivity contribution in [1.29, 1.82) is 0 Å². The Labute approximate surface area is 71.4 Å². The third kappa shape index (κ3) is 1.45. The van der Waals surface area contributed by atoms with Crippen molar-refractivity contribution in [2.24, 2.45) is 10.8 Å². The fraction of sp³-hybridized carbons (Fsp3) is 1.00. The molecular formula is C11H22. The summed E-state index contributed by atoms with van der Waals surface area (Å²) in [4.78, 5) is 0. The van der Waals surface area contributed by atoms with E-state index in [4.69, 9.17) is 0 Å². The summed E-state index contributed by atoms with van der Waals surface area (Å²) in [6, 6.07) is 0. The van der Waals surface area contributed by atoms with Gasteiger partial charge in [0.2, 0.25) is 0 Å². The van der Waals surface area contributed by atoms with E-state index in [1.807, 2.05) is 0 Å². The first-order valence-electron chi connectivity index (χ1n) is 5.02. The van der Waals surface area contributed by atoms with Crippen LogP contribution in [0.3, 0.4) is 0 Å². The van der Waals surface area contributed by atoms with Crippen LogP contribution in [0.15, 0.2) is 0 Å². The molecule has 1 rings (SSSR count). The molecule has 0 radical (unpaired) electrons. The maximum absolute atomic E-state index is 2.48. The minimum Gasteiger partial charge on any atom is -0.0654 e. The smallest absolute Gasteiger partial charge is 0.0275 e. The highest BCUT2D eigenvalue weighted by molar-refractivity contribution is 4.94. The molecule has 0 bridgehead atoms. The molecule has 1 saturated carbocycles. The van der Waals surface area contributed by atoms with E-state index in [0.29, 0.717) is 10.8 Å². The first kappa shape index (κ1) is 9.09. The van der Waals surface area contributed by atoms with Crippen LogP contribution >= 0.6 is 0 Å². The molecular weight excluding hydrogens is 132 g/mol. The van der Waals surface area contributed by atoms with E-state index in [0.717, 1.165) is 0 Å². The van der Waals surface area contributed by atoms with Gasteiger partial charge in [-0.25, -0.2) is 0 Å². The van der Waals surface area contributed by atoms with Crippen LogP contribution in [-0.4, -0.2) is 0 Å². The summed E-state index contributed by atoms with van der Waals surface area (Å²) in [6.07, 6.45) is 7.10. The van der Waals surface area contributed by atoms with Gasteiger partial charge in [-0.05, 0) is 30.1 Å². The van der Waals surface area contributed by atoms with Crippen molar-refractivity contribution >= 4 is 0 Å². The molecule has 11 heavy (non-hydrogen) atoms. The van der Waals surface area contributed by atoms with Gasteiger partial charge in [0.05, 0.1) is 0 Å². The van der Waals surface area contributed by atoms with Gasteiger partial charge in [0.1, 0.15) is 0 Å². The molecule has 0 aliphatic heterocycles. The molecule has 0 spiro atoms. The third-order valence-electron chi connectivity index (χ3n) is 3.97. The van der Waals surface area contributed by atoms with Gasteiger partial charge >= 0.3 is 0 Å². The van der Waals surface area contributed by atoms with Crippen molar-refractivity contribution in [3.63, 3.8) is 0 Å². The molecule has 1 atom stereocenters. The van der Waals surface area contributed by atoms with E-state index in [1.54, 1.807) is 0 Å². The summed E-state index contributed by atoms with van der Waals surface area (Å²) in [7, 11) is 0. The predicted molar refractivity (Wildman–Crippen MR) is 50.6 cm³/mol. The molecule has 0 aromatic rings. The van der Waals surface area contributed by atoms with Crippen LogP contribution in [0.25, 0.3) is 0 Å². The lowest BCUT2D eigenvalue weighted by Gasteiger charge is -2.38. The van der Waals surface area contributed by atoms with E-state index in [-0.39, 0.29) is 0 Å². The molecule has 1 fully saturated rings. The molecule has 0 heteroatoms. The second-order valence-electron chi connectivity index (χ2n) is 5.05. The van der Waals surface area contributed by atoms with Crippen LogP contribution in [0.2, 0.25) is 0 Å². The van der Waals surface area contributed by atoms with Crippen molar-refractivity contribution in [1.82, 2.24) is 0 Å².